The molecule has 3 heterocycles. The van der Waals surface area contributed by atoms with Gasteiger partial charge in [0.25, 0.3) is 5.92 Å². The first-order chi connectivity index (χ1) is 9.74. The van der Waals surface area contributed by atoms with E-state index in [2.05, 4.69) is 4.98 Å². The van der Waals surface area contributed by atoms with Crippen LogP contribution in [-0.2, 0) is 4.79 Å². The third kappa shape index (κ3) is 2.05. The van der Waals surface area contributed by atoms with Gasteiger partial charge in [-0.25, -0.2) is 8.78 Å². The van der Waals surface area contributed by atoms with Gasteiger partial charge in [0, 0.05) is 25.4 Å². The molecule has 0 radical (unpaired) electrons. The first kappa shape index (κ1) is 14.4. The van der Waals surface area contributed by atoms with Gasteiger partial charge in [-0.2, -0.15) is 0 Å². The molecule has 1 unspecified atom stereocenters. The van der Waals surface area contributed by atoms with Crippen molar-refractivity contribution < 1.29 is 13.6 Å². The van der Waals surface area contributed by atoms with Crippen molar-refractivity contribution in [3.05, 3.63) is 29.6 Å². The van der Waals surface area contributed by atoms with E-state index in [0.717, 1.165) is 30.9 Å². The average Bonchev–Trinajstić information content (AvgIpc) is 2.89. The molecule has 1 aromatic heterocycles. The van der Waals surface area contributed by atoms with Gasteiger partial charge in [0.1, 0.15) is 5.41 Å². The second-order valence-electron chi connectivity index (χ2n) is 6.68. The van der Waals surface area contributed by atoms with Crippen molar-refractivity contribution in [2.24, 2.45) is 5.41 Å². The van der Waals surface area contributed by atoms with Crippen LogP contribution >= 0.6 is 0 Å². The quantitative estimate of drug-likeness (QED) is 0.836. The molecule has 2 fully saturated rings. The molecule has 2 aliphatic rings. The van der Waals surface area contributed by atoms with Gasteiger partial charge in [-0.3, -0.25) is 9.78 Å². The Morgan fingerprint density at radius 2 is 2.10 bits per heavy atom. The van der Waals surface area contributed by atoms with Crippen LogP contribution in [0.3, 0.4) is 0 Å². The summed E-state index contributed by atoms with van der Waals surface area (Å²) in [4.78, 5) is 18.5. The highest BCUT2D eigenvalue weighted by molar-refractivity contribution is 5.87. The van der Waals surface area contributed by atoms with Gasteiger partial charge < -0.3 is 4.90 Å². The fraction of sp³-hybridized carbons (Fsp3) is 0.625. The van der Waals surface area contributed by atoms with Crippen molar-refractivity contribution in [3.8, 4) is 0 Å². The zero-order valence-electron chi connectivity index (χ0n) is 12.6. The maximum atomic E-state index is 13.9. The van der Waals surface area contributed by atoms with Gasteiger partial charge >= 0.3 is 0 Å². The van der Waals surface area contributed by atoms with Crippen molar-refractivity contribution in [1.29, 1.82) is 0 Å². The number of hydrogen-bond donors (Lipinski definition) is 0. The van der Waals surface area contributed by atoms with E-state index in [4.69, 9.17) is 0 Å². The molecule has 3 rings (SSSR count). The lowest BCUT2D eigenvalue weighted by Crippen LogP contribution is -2.44. The van der Waals surface area contributed by atoms with E-state index < -0.39 is 17.2 Å². The Bertz CT molecular complexity index is 584. The molecular formula is C16H20F2N2O. The van der Waals surface area contributed by atoms with Crippen molar-refractivity contribution in [1.82, 2.24) is 9.88 Å². The van der Waals surface area contributed by atoms with E-state index in [9.17, 15) is 13.6 Å². The number of fused-ring (bicyclic) bond motifs is 1. The Hall–Kier alpha value is -1.52. The molecule has 2 saturated heterocycles. The number of halogens is 2. The number of amides is 1. The Kier molecular flexibility index (Phi) is 3.08. The van der Waals surface area contributed by atoms with Crippen LogP contribution < -0.4 is 0 Å². The first-order valence-corrected chi connectivity index (χ1v) is 7.36. The number of nitrogens with zero attached hydrogens (tertiary/aromatic N) is 2. The molecular weight excluding hydrogens is 274 g/mol. The number of aryl methyl sites for hydroxylation is 1. The molecule has 21 heavy (non-hydrogen) atoms. The summed E-state index contributed by atoms with van der Waals surface area (Å²) >= 11 is 0. The lowest BCUT2D eigenvalue weighted by molar-refractivity contribution is -0.156. The topological polar surface area (TPSA) is 33.2 Å². The normalized spacial score (nSPS) is 32.6. The summed E-state index contributed by atoms with van der Waals surface area (Å²) in [7, 11) is 0. The van der Waals surface area contributed by atoms with Crippen LogP contribution in [0.2, 0.25) is 0 Å². The number of rotatable bonds is 2. The number of carbonyl (C=O) groups is 1. The third-order valence-electron chi connectivity index (χ3n) is 5.10. The summed E-state index contributed by atoms with van der Waals surface area (Å²) in [5, 5.41) is 0. The van der Waals surface area contributed by atoms with Crippen LogP contribution in [0.4, 0.5) is 8.78 Å². The van der Waals surface area contributed by atoms with E-state index in [1.54, 1.807) is 17.3 Å². The largest absolute Gasteiger partial charge is 0.332 e. The van der Waals surface area contributed by atoms with Gasteiger partial charge in [0.15, 0.2) is 0 Å². The highest BCUT2D eigenvalue weighted by Crippen LogP contribution is 2.54. The maximum absolute atomic E-state index is 13.9. The van der Waals surface area contributed by atoms with Gasteiger partial charge in [0.05, 0.1) is 6.04 Å². The molecule has 0 spiro atoms. The van der Waals surface area contributed by atoms with E-state index in [0.29, 0.717) is 0 Å². The Morgan fingerprint density at radius 3 is 2.71 bits per heavy atom. The van der Waals surface area contributed by atoms with Crippen molar-refractivity contribution in [3.63, 3.8) is 0 Å². The van der Waals surface area contributed by atoms with Crippen LogP contribution in [0, 0.1) is 12.3 Å². The SMILES string of the molecule is Cc1cncc([C@@H]2CC[C@H]3CC(C)(C(C)(F)F)C(=O)N32)c1. The molecule has 0 N–H and O–H groups in total. The zero-order valence-corrected chi connectivity index (χ0v) is 12.6. The monoisotopic (exact) mass is 294 g/mol. The molecule has 1 aromatic rings. The third-order valence-corrected chi connectivity index (χ3v) is 5.10. The highest BCUT2D eigenvalue weighted by Gasteiger charge is 2.62. The molecule has 5 heteroatoms. The zero-order chi connectivity index (χ0) is 15.4. The molecule has 3 nitrogen and oxygen atoms in total. The predicted octanol–water partition coefficient (Wildman–Crippen LogP) is 3.49. The second kappa shape index (κ2) is 4.49. The van der Waals surface area contributed by atoms with Crippen molar-refractivity contribution in [2.75, 3.05) is 0 Å². The average molecular weight is 294 g/mol. The van der Waals surface area contributed by atoms with Crippen LogP contribution in [0.5, 0.6) is 0 Å². The second-order valence-corrected chi connectivity index (χ2v) is 6.68. The molecule has 0 saturated carbocycles. The van der Waals surface area contributed by atoms with Crippen LogP contribution in [-0.4, -0.2) is 27.8 Å². The maximum Gasteiger partial charge on any atom is 0.259 e. The molecule has 114 valence electrons. The van der Waals surface area contributed by atoms with Gasteiger partial charge in [-0.05, 0) is 44.2 Å². The number of pyridine rings is 1. The molecule has 3 atom stereocenters. The summed E-state index contributed by atoms with van der Waals surface area (Å²) in [6.45, 7) is 4.20. The predicted molar refractivity (Wildman–Crippen MR) is 74.9 cm³/mol. The summed E-state index contributed by atoms with van der Waals surface area (Å²) in [6.07, 6.45) is 5.35. The summed E-state index contributed by atoms with van der Waals surface area (Å²) in [5.74, 6) is -3.41. The summed E-state index contributed by atoms with van der Waals surface area (Å²) in [6, 6.07) is 1.81. The number of alkyl halides is 2. The minimum Gasteiger partial charge on any atom is -0.332 e. The minimum atomic E-state index is -3.00. The van der Waals surface area contributed by atoms with Gasteiger partial charge in [0.2, 0.25) is 5.91 Å². The fourth-order valence-electron chi connectivity index (χ4n) is 3.69. The highest BCUT2D eigenvalue weighted by atomic mass is 19.3. The molecule has 1 amide bonds. The number of carbonyl (C=O) groups excluding carboxylic acids is 1. The Labute approximate surface area is 123 Å². The van der Waals surface area contributed by atoms with Crippen LogP contribution in [0.1, 0.15) is 50.3 Å². The fourth-order valence-corrected chi connectivity index (χ4v) is 3.69. The molecule has 0 bridgehead atoms. The van der Waals surface area contributed by atoms with Crippen molar-refractivity contribution in [2.45, 2.75) is 58.0 Å². The molecule has 0 aliphatic carbocycles. The van der Waals surface area contributed by atoms with Crippen molar-refractivity contribution >= 4 is 5.91 Å². The first-order valence-electron chi connectivity index (χ1n) is 7.36. The number of aromatic nitrogens is 1. The van der Waals surface area contributed by atoms with Gasteiger partial charge in [-0.15, -0.1) is 0 Å². The lowest BCUT2D eigenvalue weighted by atomic mass is 9.80. The van der Waals surface area contributed by atoms with Crippen LogP contribution in [0.25, 0.3) is 0 Å². The van der Waals surface area contributed by atoms with E-state index >= 15 is 0 Å². The lowest BCUT2D eigenvalue weighted by Gasteiger charge is -2.31. The van der Waals surface area contributed by atoms with E-state index in [1.165, 1.54) is 6.92 Å². The molecule has 2 aliphatic heterocycles. The van der Waals surface area contributed by atoms with E-state index in [-0.39, 0.29) is 18.5 Å². The van der Waals surface area contributed by atoms with E-state index in [1.807, 2.05) is 13.0 Å². The summed E-state index contributed by atoms with van der Waals surface area (Å²) < 4.78 is 27.8. The smallest absolute Gasteiger partial charge is 0.259 e. The Balaban J connectivity index is 1.95. The molecule has 0 aromatic carbocycles. The number of hydrogen-bond acceptors (Lipinski definition) is 2. The Morgan fingerprint density at radius 1 is 1.38 bits per heavy atom. The summed E-state index contributed by atoms with van der Waals surface area (Å²) in [5.41, 5.74) is 0.397. The minimum absolute atomic E-state index is 0.0705. The standard InChI is InChI=1S/C16H20F2N2O/c1-10-6-11(9-19-8-10)13-5-4-12-7-15(2,16(3,17)18)14(21)20(12)13/h6,8-9,12-13H,4-5,7H2,1-3H3/t12-,13-,15?/m0/s1. The van der Waals surface area contributed by atoms with Gasteiger partial charge in [-0.1, -0.05) is 6.07 Å². The van der Waals surface area contributed by atoms with Crippen LogP contribution in [0.15, 0.2) is 18.5 Å².